The molecule has 0 N–H and O–H groups in total. The predicted octanol–water partition coefficient (Wildman–Crippen LogP) is 3.11. The minimum Gasteiger partial charge on any atom is -0.395 e. The number of carbonyl (C=O) groups is 1. The Balaban J connectivity index is 2.21. The number of nitrogens with zero attached hydrogens (tertiary/aromatic N) is 3. The van der Waals surface area contributed by atoms with Gasteiger partial charge in [0.15, 0.2) is 5.76 Å². The first-order chi connectivity index (χ1) is 10.9. The van der Waals surface area contributed by atoms with E-state index in [1.165, 1.54) is 6.07 Å². The van der Waals surface area contributed by atoms with Crippen LogP contribution in [0.3, 0.4) is 0 Å². The van der Waals surface area contributed by atoms with Crippen LogP contribution in [0.25, 0.3) is 0 Å². The summed E-state index contributed by atoms with van der Waals surface area (Å²) in [4.78, 5) is 24.0. The van der Waals surface area contributed by atoms with Crippen molar-refractivity contribution in [2.45, 2.75) is 26.4 Å². The predicted molar refractivity (Wildman–Crippen MR) is 81.5 cm³/mol. The van der Waals surface area contributed by atoms with Crippen molar-refractivity contribution in [1.29, 1.82) is 5.26 Å². The van der Waals surface area contributed by atoms with E-state index in [2.05, 4.69) is 0 Å². The molecule has 0 saturated carbocycles. The van der Waals surface area contributed by atoms with Crippen molar-refractivity contribution in [3.63, 3.8) is 0 Å². The highest BCUT2D eigenvalue weighted by Gasteiger charge is 2.24. The van der Waals surface area contributed by atoms with Crippen LogP contribution in [0.2, 0.25) is 0 Å². The fourth-order valence-electron chi connectivity index (χ4n) is 2.05. The van der Waals surface area contributed by atoms with E-state index in [0.29, 0.717) is 12.1 Å². The van der Waals surface area contributed by atoms with Crippen LogP contribution in [0.5, 0.6) is 0 Å². The lowest BCUT2D eigenvalue weighted by Crippen LogP contribution is -2.36. The van der Waals surface area contributed by atoms with Crippen LogP contribution in [0.4, 0.5) is 5.88 Å². The molecule has 0 spiro atoms. The number of carbonyl (C=O) groups excluding carboxylic acids is 1. The van der Waals surface area contributed by atoms with E-state index in [1.54, 1.807) is 29.2 Å². The zero-order chi connectivity index (χ0) is 17.0. The molecule has 7 heteroatoms. The van der Waals surface area contributed by atoms with Crippen molar-refractivity contribution in [1.82, 2.24) is 4.90 Å². The van der Waals surface area contributed by atoms with E-state index in [-0.39, 0.29) is 11.8 Å². The van der Waals surface area contributed by atoms with Crippen LogP contribution < -0.4 is 0 Å². The second-order valence-electron chi connectivity index (χ2n) is 5.23. The highest BCUT2D eigenvalue weighted by atomic mass is 16.6. The molecule has 2 aromatic rings. The second-order valence-corrected chi connectivity index (χ2v) is 5.23. The average Bonchev–Trinajstić information content (AvgIpc) is 3.02. The highest BCUT2D eigenvalue weighted by Crippen LogP contribution is 2.19. The monoisotopic (exact) mass is 313 g/mol. The van der Waals surface area contributed by atoms with Gasteiger partial charge in [-0.15, -0.1) is 0 Å². The lowest BCUT2D eigenvalue weighted by atomic mass is 10.1. The van der Waals surface area contributed by atoms with Crippen LogP contribution >= 0.6 is 0 Å². The van der Waals surface area contributed by atoms with E-state index >= 15 is 0 Å². The molecule has 0 aliphatic rings. The standard InChI is InChI=1S/C16H15N3O4/c1-11(2)18(10-13-5-3-12(9-17)4-6-13)16(20)14-7-8-15(23-14)19(21)22/h3-8,11H,10H2,1-2H3. The summed E-state index contributed by atoms with van der Waals surface area (Å²) >= 11 is 0. The smallest absolute Gasteiger partial charge is 0.395 e. The molecule has 0 bridgehead atoms. The summed E-state index contributed by atoms with van der Waals surface area (Å²) in [6.45, 7) is 4.01. The van der Waals surface area contributed by atoms with Gasteiger partial charge >= 0.3 is 5.88 Å². The second kappa shape index (κ2) is 6.75. The quantitative estimate of drug-likeness (QED) is 0.623. The maximum atomic E-state index is 12.5. The molecule has 0 aliphatic carbocycles. The molecule has 7 nitrogen and oxygen atoms in total. The zero-order valence-electron chi connectivity index (χ0n) is 12.7. The van der Waals surface area contributed by atoms with Crippen molar-refractivity contribution in [3.8, 4) is 6.07 Å². The SMILES string of the molecule is CC(C)N(Cc1ccc(C#N)cc1)C(=O)c1ccc([N+](=O)[O-])o1. The van der Waals surface area contributed by atoms with Crippen LogP contribution in [0, 0.1) is 21.4 Å². The summed E-state index contributed by atoms with van der Waals surface area (Å²) in [5, 5.41) is 19.5. The summed E-state index contributed by atoms with van der Waals surface area (Å²) in [6.07, 6.45) is 0. The molecule has 2 rings (SSSR count). The Bertz CT molecular complexity index is 756. The van der Waals surface area contributed by atoms with Gasteiger partial charge in [0.25, 0.3) is 5.91 Å². The molecule has 0 radical (unpaired) electrons. The Kier molecular flexibility index (Phi) is 4.76. The van der Waals surface area contributed by atoms with Gasteiger partial charge in [0.2, 0.25) is 0 Å². The van der Waals surface area contributed by atoms with Crippen LogP contribution in [0.1, 0.15) is 35.5 Å². The van der Waals surface area contributed by atoms with E-state index in [0.717, 1.165) is 11.6 Å². The third-order valence-electron chi connectivity index (χ3n) is 3.30. The molecule has 23 heavy (non-hydrogen) atoms. The summed E-state index contributed by atoms with van der Waals surface area (Å²) in [5.74, 6) is -0.952. The Labute approximate surface area is 132 Å². The van der Waals surface area contributed by atoms with Gasteiger partial charge in [-0.25, -0.2) is 0 Å². The zero-order valence-corrected chi connectivity index (χ0v) is 12.7. The minimum absolute atomic E-state index is 0.0703. The Morgan fingerprint density at radius 3 is 2.43 bits per heavy atom. The van der Waals surface area contributed by atoms with E-state index in [9.17, 15) is 14.9 Å². The van der Waals surface area contributed by atoms with Gasteiger partial charge in [0, 0.05) is 12.6 Å². The number of rotatable bonds is 5. The van der Waals surface area contributed by atoms with E-state index in [1.807, 2.05) is 19.9 Å². The number of nitro groups is 1. The third kappa shape index (κ3) is 3.74. The molecule has 1 amide bonds. The first-order valence-corrected chi connectivity index (χ1v) is 6.96. The van der Waals surface area contributed by atoms with Crippen molar-refractivity contribution < 1.29 is 14.1 Å². The molecule has 1 aromatic heterocycles. The maximum absolute atomic E-state index is 12.5. The number of hydrogen-bond acceptors (Lipinski definition) is 5. The van der Waals surface area contributed by atoms with Gasteiger partial charge in [-0.3, -0.25) is 14.9 Å². The molecule has 1 aromatic carbocycles. The largest absolute Gasteiger partial charge is 0.433 e. The number of nitriles is 1. The highest BCUT2D eigenvalue weighted by molar-refractivity contribution is 5.92. The molecular weight excluding hydrogens is 298 g/mol. The van der Waals surface area contributed by atoms with Crippen molar-refractivity contribution in [3.05, 3.63) is 63.4 Å². The number of furan rings is 1. The topological polar surface area (TPSA) is 100 Å². The minimum atomic E-state index is -0.683. The van der Waals surface area contributed by atoms with Crippen LogP contribution in [-0.2, 0) is 6.54 Å². The molecule has 0 fully saturated rings. The van der Waals surface area contributed by atoms with Gasteiger partial charge < -0.3 is 9.32 Å². The Morgan fingerprint density at radius 2 is 1.96 bits per heavy atom. The van der Waals surface area contributed by atoms with Crippen LogP contribution in [0.15, 0.2) is 40.8 Å². The van der Waals surface area contributed by atoms with Gasteiger partial charge in [0.05, 0.1) is 17.7 Å². The molecular formula is C16H15N3O4. The summed E-state index contributed by atoms with van der Waals surface area (Å²) in [7, 11) is 0. The molecule has 0 atom stereocenters. The first kappa shape index (κ1) is 16.2. The van der Waals surface area contributed by atoms with Gasteiger partial charge in [-0.05, 0) is 37.6 Å². The number of amides is 1. The molecule has 118 valence electrons. The Morgan fingerprint density at radius 1 is 1.30 bits per heavy atom. The van der Waals surface area contributed by atoms with Gasteiger partial charge in [0.1, 0.15) is 4.92 Å². The van der Waals surface area contributed by atoms with Crippen molar-refractivity contribution in [2.24, 2.45) is 0 Å². The fraction of sp³-hybridized carbons (Fsp3) is 0.250. The molecule has 0 unspecified atom stereocenters. The lowest BCUT2D eigenvalue weighted by Gasteiger charge is -2.25. The Hall–Kier alpha value is -3.14. The normalized spacial score (nSPS) is 10.3. The summed E-state index contributed by atoms with van der Waals surface area (Å²) in [6, 6.07) is 11.3. The number of hydrogen-bond donors (Lipinski definition) is 0. The van der Waals surface area contributed by atoms with E-state index in [4.69, 9.17) is 9.68 Å². The third-order valence-corrected chi connectivity index (χ3v) is 3.30. The van der Waals surface area contributed by atoms with Crippen molar-refractivity contribution in [2.75, 3.05) is 0 Å². The van der Waals surface area contributed by atoms with Gasteiger partial charge in [-0.1, -0.05) is 12.1 Å². The first-order valence-electron chi connectivity index (χ1n) is 6.96. The van der Waals surface area contributed by atoms with Gasteiger partial charge in [-0.2, -0.15) is 5.26 Å². The average molecular weight is 313 g/mol. The van der Waals surface area contributed by atoms with E-state index < -0.39 is 16.7 Å². The molecule has 1 heterocycles. The molecule has 0 saturated heterocycles. The fourth-order valence-corrected chi connectivity index (χ4v) is 2.05. The summed E-state index contributed by atoms with van der Waals surface area (Å²) in [5.41, 5.74) is 1.39. The molecule has 0 aliphatic heterocycles. The number of benzene rings is 1. The summed E-state index contributed by atoms with van der Waals surface area (Å²) < 4.78 is 4.98. The maximum Gasteiger partial charge on any atom is 0.433 e. The van der Waals surface area contributed by atoms with Crippen molar-refractivity contribution >= 4 is 11.8 Å². The lowest BCUT2D eigenvalue weighted by molar-refractivity contribution is -0.402. The van der Waals surface area contributed by atoms with Crippen LogP contribution in [-0.4, -0.2) is 21.8 Å².